The number of aryl methyl sites for hydroxylation is 2. The lowest BCUT2D eigenvalue weighted by molar-refractivity contribution is -0.122. The molecule has 0 aromatic heterocycles. The summed E-state index contributed by atoms with van der Waals surface area (Å²) in [5, 5.41) is 0. The van der Waals surface area contributed by atoms with Crippen LogP contribution in [0.2, 0.25) is 0 Å². The largest absolute Gasteiger partial charge is 0.309 e. The lowest BCUT2D eigenvalue weighted by Gasteiger charge is -2.40. The van der Waals surface area contributed by atoms with Crippen LogP contribution >= 0.6 is 0 Å². The molecule has 2 aromatic rings. The maximum Gasteiger partial charge on any atom is 0.241 e. The Kier molecular flexibility index (Phi) is 4.86. The predicted octanol–water partition coefficient (Wildman–Crippen LogP) is 3.82. The zero-order chi connectivity index (χ0) is 18.1. The number of piperazine rings is 1. The molecule has 1 heterocycles. The molecule has 1 saturated heterocycles. The number of benzene rings is 2. The van der Waals surface area contributed by atoms with Gasteiger partial charge in [-0.25, -0.2) is 8.78 Å². The molecular weight excluding hydrogens is 322 g/mol. The van der Waals surface area contributed by atoms with Gasteiger partial charge in [0.15, 0.2) is 11.6 Å². The molecule has 0 spiro atoms. The Morgan fingerprint density at radius 3 is 2.48 bits per heavy atom. The van der Waals surface area contributed by atoms with Gasteiger partial charge in [-0.1, -0.05) is 30.3 Å². The first-order chi connectivity index (χ1) is 11.9. The fraction of sp³-hybridized carbons (Fsp3) is 0.350. The quantitative estimate of drug-likeness (QED) is 0.845. The Balaban J connectivity index is 1.78. The summed E-state index contributed by atoms with van der Waals surface area (Å²) in [4.78, 5) is 16.3. The van der Waals surface area contributed by atoms with Crippen molar-refractivity contribution in [2.45, 2.75) is 33.4 Å². The maximum absolute atomic E-state index is 14.1. The van der Waals surface area contributed by atoms with E-state index in [1.54, 1.807) is 17.0 Å². The number of amides is 1. The van der Waals surface area contributed by atoms with Crippen molar-refractivity contribution in [2.75, 3.05) is 18.0 Å². The highest BCUT2D eigenvalue weighted by atomic mass is 19.2. The van der Waals surface area contributed by atoms with Gasteiger partial charge >= 0.3 is 0 Å². The van der Waals surface area contributed by atoms with Gasteiger partial charge in [-0.15, -0.1) is 0 Å². The van der Waals surface area contributed by atoms with Crippen molar-refractivity contribution in [1.29, 1.82) is 0 Å². The molecule has 1 fully saturated rings. The van der Waals surface area contributed by atoms with E-state index in [1.807, 2.05) is 43.0 Å². The van der Waals surface area contributed by atoms with Gasteiger partial charge in [-0.2, -0.15) is 0 Å². The average molecular weight is 344 g/mol. The Labute approximate surface area is 146 Å². The molecule has 1 atom stereocenters. The van der Waals surface area contributed by atoms with E-state index < -0.39 is 11.6 Å². The predicted molar refractivity (Wildman–Crippen MR) is 94.5 cm³/mol. The SMILES string of the molecule is Cc1ccccc1N1C[C@H](C)N(Cc2ccc(C)c(F)c2F)CC1=O. The summed E-state index contributed by atoms with van der Waals surface area (Å²) in [6, 6.07) is 11.0. The number of carbonyl (C=O) groups excluding carboxylic acids is 1. The minimum Gasteiger partial charge on any atom is -0.309 e. The second-order valence-corrected chi connectivity index (χ2v) is 6.71. The van der Waals surface area contributed by atoms with Crippen LogP contribution in [0.1, 0.15) is 23.6 Å². The molecule has 132 valence electrons. The van der Waals surface area contributed by atoms with Crippen molar-refractivity contribution < 1.29 is 13.6 Å². The number of carbonyl (C=O) groups is 1. The monoisotopic (exact) mass is 344 g/mol. The summed E-state index contributed by atoms with van der Waals surface area (Å²) < 4.78 is 27.9. The minimum absolute atomic E-state index is 0.0274. The zero-order valence-corrected chi connectivity index (χ0v) is 14.7. The van der Waals surface area contributed by atoms with Gasteiger partial charge < -0.3 is 4.90 Å². The number of rotatable bonds is 3. The number of anilines is 1. The van der Waals surface area contributed by atoms with Crippen LogP contribution < -0.4 is 4.90 Å². The minimum atomic E-state index is -0.819. The normalized spacial score (nSPS) is 18.7. The molecule has 5 heteroatoms. The fourth-order valence-electron chi connectivity index (χ4n) is 3.23. The Morgan fingerprint density at radius 2 is 1.76 bits per heavy atom. The van der Waals surface area contributed by atoms with Crippen LogP contribution in [0.5, 0.6) is 0 Å². The molecule has 1 aliphatic rings. The molecule has 0 saturated carbocycles. The van der Waals surface area contributed by atoms with Gasteiger partial charge in [0.25, 0.3) is 0 Å². The van der Waals surface area contributed by atoms with Crippen LogP contribution in [0.4, 0.5) is 14.5 Å². The smallest absolute Gasteiger partial charge is 0.241 e. The number of halogens is 2. The first-order valence-electron chi connectivity index (χ1n) is 8.42. The third-order valence-electron chi connectivity index (χ3n) is 4.84. The summed E-state index contributed by atoms with van der Waals surface area (Å²) in [6.07, 6.45) is 0. The lowest BCUT2D eigenvalue weighted by Crippen LogP contribution is -2.55. The topological polar surface area (TPSA) is 23.6 Å². The maximum atomic E-state index is 14.1. The number of hydrogen-bond acceptors (Lipinski definition) is 2. The average Bonchev–Trinajstić information content (AvgIpc) is 2.59. The van der Waals surface area contributed by atoms with Crippen molar-refractivity contribution in [3.05, 3.63) is 64.7 Å². The van der Waals surface area contributed by atoms with E-state index >= 15 is 0 Å². The van der Waals surface area contributed by atoms with Crippen molar-refractivity contribution in [3.8, 4) is 0 Å². The summed E-state index contributed by atoms with van der Waals surface area (Å²) in [5.74, 6) is -1.66. The number of nitrogens with zero attached hydrogens (tertiary/aromatic N) is 2. The highest BCUT2D eigenvalue weighted by molar-refractivity contribution is 5.96. The second kappa shape index (κ2) is 6.92. The molecule has 0 N–H and O–H groups in total. The van der Waals surface area contributed by atoms with Gasteiger partial charge in [0.1, 0.15) is 0 Å². The van der Waals surface area contributed by atoms with Crippen molar-refractivity contribution in [3.63, 3.8) is 0 Å². The molecule has 3 rings (SSSR count). The third-order valence-corrected chi connectivity index (χ3v) is 4.84. The van der Waals surface area contributed by atoms with Crippen LogP contribution in [0.3, 0.4) is 0 Å². The second-order valence-electron chi connectivity index (χ2n) is 6.71. The third kappa shape index (κ3) is 3.42. The van der Waals surface area contributed by atoms with Crippen LogP contribution in [0.25, 0.3) is 0 Å². The molecule has 0 radical (unpaired) electrons. The summed E-state index contributed by atoms with van der Waals surface area (Å²) in [6.45, 7) is 6.45. The zero-order valence-electron chi connectivity index (χ0n) is 14.7. The summed E-state index contributed by atoms with van der Waals surface area (Å²) in [7, 11) is 0. The van der Waals surface area contributed by atoms with Gasteiger partial charge in [0.2, 0.25) is 5.91 Å². The van der Waals surface area contributed by atoms with Gasteiger partial charge in [-0.05, 0) is 38.0 Å². The first-order valence-corrected chi connectivity index (χ1v) is 8.42. The standard InChI is InChI=1S/C20H22F2N2O/c1-13-6-4-5-7-17(13)24-10-15(3)23(12-18(24)25)11-16-9-8-14(2)19(21)20(16)22/h4-9,15H,10-12H2,1-3H3/t15-/m0/s1. The van der Waals surface area contributed by atoms with E-state index in [2.05, 4.69) is 0 Å². The lowest BCUT2D eigenvalue weighted by atomic mass is 10.1. The summed E-state index contributed by atoms with van der Waals surface area (Å²) >= 11 is 0. The molecule has 1 aliphatic heterocycles. The molecule has 1 amide bonds. The Bertz CT molecular complexity index is 806. The van der Waals surface area contributed by atoms with Crippen LogP contribution in [-0.2, 0) is 11.3 Å². The number of hydrogen-bond donors (Lipinski definition) is 0. The molecular formula is C20H22F2N2O. The molecule has 3 nitrogen and oxygen atoms in total. The van der Waals surface area contributed by atoms with Crippen molar-refractivity contribution >= 4 is 11.6 Å². The van der Waals surface area contributed by atoms with Gasteiger partial charge in [0, 0.05) is 30.4 Å². The van der Waals surface area contributed by atoms with Crippen LogP contribution in [0.15, 0.2) is 36.4 Å². The highest BCUT2D eigenvalue weighted by Gasteiger charge is 2.31. The van der Waals surface area contributed by atoms with Crippen LogP contribution in [0, 0.1) is 25.5 Å². The van der Waals surface area contributed by atoms with Gasteiger partial charge in [-0.3, -0.25) is 9.69 Å². The fourth-order valence-corrected chi connectivity index (χ4v) is 3.23. The Hall–Kier alpha value is -2.27. The van der Waals surface area contributed by atoms with E-state index in [4.69, 9.17) is 0 Å². The van der Waals surface area contributed by atoms with Crippen molar-refractivity contribution in [2.24, 2.45) is 0 Å². The highest BCUT2D eigenvalue weighted by Crippen LogP contribution is 2.25. The van der Waals surface area contributed by atoms with E-state index in [0.717, 1.165) is 11.3 Å². The molecule has 25 heavy (non-hydrogen) atoms. The molecule has 0 aliphatic carbocycles. The van der Waals surface area contributed by atoms with E-state index in [-0.39, 0.29) is 36.2 Å². The first kappa shape index (κ1) is 17.5. The Morgan fingerprint density at radius 1 is 1.04 bits per heavy atom. The van der Waals surface area contributed by atoms with Gasteiger partial charge in [0.05, 0.1) is 6.54 Å². The number of para-hydroxylation sites is 1. The summed E-state index contributed by atoms with van der Waals surface area (Å²) in [5.41, 5.74) is 2.52. The van der Waals surface area contributed by atoms with Crippen LogP contribution in [-0.4, -0.2) is 29.9 Å². The van der Waals surface area contributed by atoms with Crippen molar-refractivity contribution in [1.82, 2.24) is 4.90 Å². The molecule has 0 bridgehead atoms. The molecule has 0 unspecified atom stereocenters. The van der Waals surface area contributed by atoms with E-state index in [9.17, 15) is 13.6 Å². The van der Waals surface area contributed by atoms with E-state index in [1.165, 1.54) is 6.92 Å². The molecule has 2 aromatic carbocycles. The van der Waals surface area contributed by atoms with E-state index in [0.29, 0.717) is 6.54 Å².